The molecule has 0 radical (unpaired) electrons. The molecule has 11 atom stereocenters. The van der Waals surface area contributed by atoms with Gasteiger partial charge in [-0.3, -0.25) is 14.4 Å². The summed E-state index contributed by atoms with van der Waals surface area (Å²) < 4.78 is 40.8. The molecule has 70 heavy (non-hydrogen) atoms. The van der Waals surface area contributed by atoms with Gasteiger partial charge in [0.25, 0.3) is 0 Å². The van der Waals surface area contributed by atoms with Gasteiger partial charge >= 0.3 is 18.3 Å². The highest BCUT2D eigenvalue weighted by atomic mass is 16.7. The van der Waals surface area contributed by atoms with Gasteiger partial charge in [0.2, 0.25) is 24.0 Å². The van der Waals surface area contributed by atoms with E-state index in [1.54, 1.807) is 68.4 Å². The van der Waals surface area contributed by atoms with Crippen molar-refractivity contribution in [1.29, 1.82) is 0 Å². The van der Waals surface area contributed by atoms with Crippen LogP contribution in [0, 0.1) is 5.41 Å². The molecule has 0 aromatic heterocycles. The highest BCUT2D eigenvalue weighted by Crippen LogP contribution is 2.32. The van der Waals surface area contributed by atoms with Crippen LogP contribution in [0.2, 0.25) is 0 Å². The first kappa shape index (κ1) is 61.6. The van der Waals surface area contributed by atoms with Crippen LogP contribution in [0.5, 0.6) is 0 Å². The van der Waals surface area contributed by atoms with Crippen LogP contribution in [0.15, 0.2) is 11.8 Å². The fourth-order valence-electron chi connectivity index (χ4n) is 7.05. The molecular weight excluding hydrogens is 923 g/mol. The van der Waals surface area contributed by atoms with Crippen LogP contribution in [0.3, 0.4) is 0 Å². The maximum Gasteiger partial charge on any atom is 0.408 e. The maximum atomic E-state index is 13.8. The fourth-order valence-corrected chi connectivity index (χ4v) is 7.05. The molecule has 0 spiro atoms. The number of hydrogen-bond acceptors (Lipinski definition) is 18. The standard InChI is InChI=1S/C46H83N7O17/c1-25(53(14)32(57)22-43(2,3)4)33(58)39(64-20-19-54)67-35-28(51-37(60)30(55)17-18-48-40(61)68-44(5,6)7)21-29(52-42(63)70-46(11,12)13)36(34(35)59)66-38-27(16-15-26(23-47)65-38)50-31(56)24-49-41(62)69-45(8,9)10/h15,25,27-30,33-36,38-39,54-55,58-59H,16-24,47H2,1-14H3,(H,48,61)(H,49,62)(H,50,56)(H,51,60)(H,52,63)/t25-,27+,28+,29-,30-,33+,34+,35-,36+,38+,39+/m0/s1. The van der Waals surface area contributed by atoms with Gasteiger partial charge in [-0.1, -0.05) is 20.8 Å². The van der Waals surface area contributed by atoms with Crippen molar-refractivity contribution in [2.75, 3.05) is 39.9 Å². The number of rotatable bonds is 21. The van der Waals surface area contributed by atoms with E-state index in [-0.39, 0.29) is 50.4 Å². The number of hydrogen-bond donors (Lipinski definition) is 10. The maximum absolute atomic E-state index is 13.8. The molecule has 24 nitrogen and oxygen atoms in total. The number of aliphatic hydroxyl groups excluding tert-OH is 4. The van der Waals surface area contributed by atoms with Crippen molar-refractivity contribution in [3.63, 3.8) is 0 Å². The van der Waals surface area contributed by atoms with Crippen LogP contribution < -0.4 is 32.3 Å². The van der Waals surface area contributed by atoms with Crippen molar-refractivity contribution < 1.29 is 82.4 Å². The zero-order chi connectivity index (χ0) is 53.5. The van der Waals surface area contributed by atoms with Gasteiger partial charge in [-0.2, -0.15) is 0 Å². The minimum Gasteiger partial charge on any atom is -0.466 e. The molecule has 6 amide bonds. The Morgan fingerprint density at radius 2 is 1.37 bits per heavy atom. The van der Waals surface area contributed by atoms with Gasteiger partial charge in [0.05, 0.1) is 43.9 Å². The Hall–Kier alpha value is -4.56. The van der Waals surface area contributed by atoms with Crippen LogP contribution in [0.25, 0.3) is 0 Å². The molecule has 1 heterocycles. The highest BCUT2D eigenvalue weighted by molar-refractivity contribution is 5.82. The molecule has 2 rings (SSSR count). The van der Waals surface area contributed by atoms with E-state index in [4.69, 9.17) is 38.9 Å². The topological polar surface area (TPSA) is 337 Å². The minimum atomic E-state index is -1.91. The summed E-state index contributed by atoms with van der Waals surface area (Å²) in [7, 11) is 1.48. The Bertz CT molecular complexity index is 1760. The second-order valence-electron chi connectivity index (χ2n) is 21.6. The van der Waals surface area contributed by atoms with E-state index < -0.39 is 139 Å². The molecule has 0 saturated heterocycles. The number of nitrogens with one attached hydrogen (secondary N) is 5. The number of aliphatic hydroxyl groups is 4. The molecule has 0 bridgehead atoms. The average Bonchev–Trinajstić information content (AvgIpc) is 3.20. The van der Waals surface area contributed by atoms with E-state index in [1.807, 2.05) is 20.8 Å². The number of carbonyl (C=O) groups excluding carboxylic acids is 6. The van der Waals surface area contributed by atoms with Gasteiger partial charge in [-0.05, 0) is 100.0 Å². The zero-order valence-corrected chi connectivity index (χ0v) is 43.4. The van der Waals surface area contributed by atoms with E-state index >= 15 is 0 Å². The summed E-state index contributed by atoms with van der Waals surface area (Å²) in [5, 5.41) is 58.1. The first-order chi connectivity index (χ1) is 32.1. The lowest BCUT2D eigenvalue weighted by molar-refractivity contribution is -0.276. The van der Waals surface area contributed by atoms with Crippen LogP contribution in [0.4, 0.5) is 14.4 Å². The summed E-state index contributed by atoms with van der Waals surface area (Å²) in [4.78, 5) is 79.7. The van der Waals surface area contributed by atoms with Crippen LogP contribution in [0.1, 0.15) is 116 Å². The van der Waals surface area contributed by atoms with Gasteiger partial charge in [0.1, 0.15) is 59.6 Å². The van der Waals surface area contributed by atoms with Gasteiger partial charge < -0.3 is 90.8 Å². The lowest BCUT2D eigenvalue weighted by atomic mass is 9.83. The normalized spacial score (nSPS) is 23.7. The summed E-state index contributed by atoms with van der Waals surface area (Å²) >= 11 is 0. The van der Waals surface area contributed by atoms with Crippen molar-refractivity contribution in [3.8, 4) is 0 Å². The van der Waals surface area contributed by atoms with Gasteiger partial charge in [-0.25, -0.2) is 14.4 Å². The first-order valence-electron chi connectivity index (χ1n) is 23.6. The molecule has 24 heteroatoms. The average molecular weight is 1010 g/mol. The van der Waals surface area contributed by atoms with Crippen molar-refractivity contribution in [2.24, 2.45) is 11.1 Å². The molecular formula is C46H83N7O17. The number of alkyl carbamates (subject to hydrolysis) is 3. The number of nitrogens with zero attached hydrogens (tertiary/aromatic N) is 1. The highest BCUT2D eigenvalue weighted by Gasteiger charge is 2.51. The van der Waals surface area contributed by atoms with Gasteiger partial charge in [-0.15, -0.1) is 0 Å². The second kappa shape index (κ2) is 26.8. The molecule has 1 fully saturated rings. The lowest BCUT2D eigenvalue weighted by Gasteiger charge is -2.47. The smallest absolute Gasteiger partial charge is 0.408 e. The van der Waals surface area contributed by atoms with E-state index in [0.717, 1.165) is 0 Å². The Morgan fingerprint density at radius 3 is 1.91 bits per heavy atom. The van der Waals surface area contributed by atoms with E-state index in [0.29, 0.717) is 0 Å². The number of likely N-dealkylation sites (N-methyl/N-ethyl adjacent to an activating group) is 1. The third kappa shape index (κ3) is 22.2. The Morgan fingerprint density at radius 1 is 0.814 bits per heavy atom. The van der Waals surface area contributed by atoms with E-state index in [9.17, 15) is 49.2 Å². The molecule has 1 aliphatic heterocycles. The van der Waals surface area contributed by atoms with Crippen molar-refractivity contribution >= 4 is 36.0 Å². The minimum absolute atomic E-state index is 0.0875. The summed E-state index contributed by atoms with van der Waals surface area (Å²) in [5.41, 5.74) is 2.88. The predicted molar refractivity (Wildman–Crippen MR) is 252 cm³/mol. The van der Waals surface area contributed by atoms with Crippen molar-refractivity contribution in [1.82, 2.24) is 31.5 Å². The summed E-state index contributed by atoms with van der Waals surface area (Å²) in [6.07, 6.45) is -13.0. The quantitative estimate of drug-likeness (QED) is 0.0560. The number of ether oxygens (including phenoxy) is 7. The molecule has 404 valence electrons. The number of amides is 6. The molecule has 0 unspecified atom stereocenters. The fraction of sp³-hybridized carbons (Fsp3) is 0.826. The molecule has 0 aromatic carbocycles. The predicted octanol–water partition coefficient (Wildman–Crippen LogP) is 0.753. The molecule has 2 aliphatic rings. The van der Waals surface area contributed by atoms with Crippen LogP contribution in [-0.2, 0) is 47.5 Å². The Labute approximate surface area is 411 Å². The van der Waals surface area contributed by atoms with Crippen molar-refractivity contribution in [2.45, 2.75) is 200 Å². The number of nitrogens with two attached hydrogens (primary N) is 1. The van der Waals surface area contributed by atoms with Gasteiger partial charge in [0.15, 0.2) is 6.29 Å². The number of carbonyl (C=O) groups is 6. The van der Waals surface area contributed by atoms with Crippen molar-refractivity contribution in [3.05, 3.63) is 11.8 Å². The third-order valence-electron chi connectivity index (χ3n) is 10.3. The van der Waals surface area contributed by atoms with Gasteiger partial charge in [0, 0.05) is 20.0 Å². The van der Waals surface area contributed by atoms with E-state index in [1.165, 1.54) is 18.9 Å². The summed E-state index contributed by atoms with van der Waals surface area (Å²) in [6, 6.07) is -4.61. The summed E-state index contributed by atoms with van der Waals surface area (Å²) in [6.45, 7) is 20.3. The first-order valence-corrected chi connectivity index (χ1v) is 23.6. The second-order valence-corrected chi connectivity index (χ2v) is 21.6. The van der Waals surface area contributed by atoms with E-state index in [2.05, 4.69) is 26.6 Å². The Kier molecular flexibility index (Phi) is 23.5. The SMILES string of the molecule is C[C@@H]([C@@H](O)[C@H](OCCO)O[C@@H]1[C@@H](O)[C@H](O[C@H]2OC(CN)=CC[C@H]2NC(=O)CNC(=O)OC(C)(C)C)[C@@H](NC(=O)OC(C)(C)C)C[C@H]1NC(=O)[C@@H](O)CCNC(=O)OC(C)(C)C)N(C)C(=O)CC(C)(C)C. The summed E-state index contributed by atoms with van der Waals surface area (Å²) in [5.74, 6) is -1.73. The third-order valence-corrected chi connectivity index (χ3v) is 10.3. The zero-order valence-electron chi connectivity index (χ0n) is 43.4. The van der Waals surface area contributed by atoms with Crippen LogP contribution in [-0.4, -0.2) is 185 Å². The van der Waals surface area contributed by atoms with Crippen LogP contribution >= 0.6 is 0 Å². The Balaban J connectivity index is 2.67. The molecule has 1 saturated carbocycles. The monoisotopic (exact) mass is 1010 g/mol. The molecule has 1 aliphatic carbocycles. The largest absolute Gasteiger partial charge is 0.466 e. The molecule has 0 aromatic rings. The molecule has 11 N–H and O–H groups in total. The lowest BCUT2D eigenvalue weighted by Crippen LogP contribution is -2.68.